The van der Waals surface area contributed by atoms with E-state index in [1.54, 1.807) is 6.20 Å². The second-order valence-electron chi connectivity index (χ2n) is 7.70. The molecule has 2 aromatic carbocycles. The molecule has 0 N–H and O–H groups in total. The summed E-state index contributed by atoms with van der Waals surface area (Å²) in [5, 5.41) is 0. The summed E-state index contributed by atoms with van der Waals surface area (Å²) in [5.74, 6) is 0. The molecule has 0 spiro atoms. The van der Waals surface area contributed by atoms with Gasteiger partial charge in [0.05, 0.1) is 6.04 Å². The number of ether oxygens (including phenoxy) is 1. The number of carbonyl (C=O) groups is 1. The molecule has 4 rings (SSSR count). The van der Waals surface area contributed by atoms with E-state index in [2.05, 4.69) is 35.8 Å². The van der Waals surface area contributed by atoms with Crippen LogP contribution < -0.4 is 0 Å². The summed E-state index contributed by atoms with van der Waals surface area (Å²) in [5.41, 5.74) is 3.64. The molecule has 3 aromatic rings. The zero-order valence-corrected chi connectivity index (χ0v) is 17.2. The summed E-state index contributed by atoms with van der Waals surface area (Å²) < 4.78 is 6.06. The molecule has 30 heavy (non-hydrogen) atoms. The van der Waals surface area contributed by atoms with Crippen LogP contribution in [0.3, 0.4) is 0 Å². The number of rotatable bonds is 6. The topological polar surface area (TPSA) is 42.4 Å². The van der Waals surface area contributed by atoms with Gasteiger partial charge in [-0.3, -0.25) is 4.98 Å². The summed E-state index contributed by atoms with van der Waals surface area (Å²) >= 11 is 0. The number of hydrogen-bond acceptors (Lipinski definition) is 3. The van der Waals surface area contributed by atoms with Gasteiger partial charge in [-0.2, -0.15) is 0 Å². The Kier molecular flexibility index (Phi) is 5.66. The molecule has 1 fully saturated rings. The summed E-state index contributed by atoms with van der Waals surface area (Å²) in [6.07, 6.45) is 6.50. The van der Waals surface area contributed by atoms with Crippen LogP contribution in [-0.2, 0) is 10.3 Å². The lowest BCUT2D eigenvalue weighted by atomic mass is 9.85. The van der Waals surface area contributed by atoms with Crippen molar-refractivity contribution in [3.8, 4) is 11.1 Å². The predicted molar refractivity (Wildman–Crippen MR) is 119 cm³/mol. The fraction of sp³-hybridized carbons (Fsp3) is 0.231. The number of nitrogens with zero attached hydrogens (tertiary/aromatic N) is 2. The molecule has 1 aromatic heterocycles. The minimum atomic E-state index is -0.638. The highest BCUT2D eigenvalue weighted by atomic mass is 16.6. The van der Waals surface area contributed by atoms with Crippen LogP contribution in [0.1, 0.15) is 36.9 Å². The third-order valence-corrected chi connectivity index (χ3v) is 5.90. The first-order valence-electron chi connectivity index (χ1n) is 10.3. The second-order valence-corrected chi connectivity index (χ2v) is 7.70. The Labute approximate surface area is 177 Å². The summed E-state index contributed by atoms with van der Waals surface area (Å²) in [6, 6.07) is 22.2. The van der Waals surface area contributed by atoms with Crippen LogP contribution in [0.4, 0.5) is 4.79 Å². The van der Waals surface area contributed by atoms with Gasteiger partial charge >= 0.3 is 6.09 Å². The highest BCUT2D eigenvalue weighted by molar-refractivity contribution is 5.70. The van der Waals surface area contributed by atoms with Crippen LogP contribution >= 0.6 is 0 Å². The van der Waals surface area contributed by atoms with E-state index in [1.165, 1.54) is 0 Å². The van der Waals surface area contributed by atoms with E-state index in [4.69, 9.17) is 4.74 Å². The zero-order chi connectivity index (χ0) is 21.0. The van der Waals surface area contributed by atoms with Gasteiger partial charge in [0.1, 0.15) is 5.60 Å². The van der Waals surface area contributed by atoms with Crippen LogP contribution in [0.25, 0.3) is 11.1 Å². The standard InChI is InChI=1S/C26H26N2O2/c1-3-15-26(24-9-5-4-6-10-24)16-18-28(25(29)30-26)20(2)21-11-13-22(14-12-21)23-8-7-17-27-19-23/h3-14,17,19-20H,1,15-16,18H2,2H3/t20-,26?/m0/s1. The van der Waals surface area contributed by atoms with Gasteiger partial charge in [-0.25, -0.2) is 4.79 Å². The highest BCUT2D eigenvalue weighted by Gasteiger charge is 2.42. The first-order valence-corrected chi connectivity index (χ1v) is 10.3. The van der Waals surface area contributed by atoms with E-state index < -0.39 is 5.60 Å². The van der Waals surface area contributed by atoms with Crippen LogP contribution in [0.2, 0.25) is 0 Å². The molecule has 1 unspecified atom stereocenters. The molecule has 152 valence electrons. The molecule has 0 bridgehead atoms. The molecule has 0 radical (unpaired) electrons. The number of hydrogen-bond donors (Lipinski definition) is 0. The number of benzene rings is 2. The SMILES string of the molecule is C=CCC1(c2ccccc2)CCN([C@@H](C)c2ccc(-c3cccnc3)cc2)C(=O)O1. The van der Waals surface area contributed by atoms with Gasteiger partial charge in [-0.1, -0.05) is 66.7 Å². The van der Waals surface area contributed by atoms with Crippen molar-refractivity contribution in [3.63, 3.8) is 0 Å². The minimum Gasteiger partial charge on any atom is -0.437 e. The summed E-state index contributed by atoms with van der Waals surface area (Å²) in [6.45, 7) is 6.55. The molecule has 0 saturated carbocycles. The first-order chi connectivity index (χ1) is 14.6. The predicted octanol–water partition coefficient (Wildman–Crippen LogP) is 6.12. The number of pyridine rings is 1. The van der Waals surface area contributed by atoms with E-state index in [1.807, 2.05) is 66.6 Å². The largest absolute Gasteiger partial charge is 0.437 e. The fourth-order valence-electron chi connectivity index (χ4n) is 4.13. The molecule has 1 aliphatic heterocycles. The van der Waals surface area contributed by atoms with Crippen molar-refractivity contribution in [2.45, 2.75) is 31.4 Å². The maximum Gasteiger partial charge on any atom is 0.411 e. The van der Waals surface area contributed by atoms with Crippen molar-refractivity contribution in [3.05, 3.63) is 103 Å². The normalized spacial score (nSPS) is 19.8. The van der Waals surface area contributed by atoms with E-state index in [0.717, 1.165) is 28.7 Å². The summed E-state index contributed by atoms with van der Waals surface area (Å²) in [7, 11) is 0. The number of aromatic nitrogens is 1. The first kappa shape index (κ1) is 19.9. The second kappa shape index (κ2) is 8.54. The van der Waals surface area contributed by atoms with Crippen LogP contribution in [-0.4, -0.2) is 22.5 Å². The van der Waals surface area contributed by atoms with Crippen LogP contribution in [0.15, 0.2) is 91.8 Å². The Bertz CT molecular complexity index is 1000. The Morgan fingerprint density at radius 3 is 2.50 bits per heavy atom. The number of amides is 1. The lowest BCUT2D eigenvalue weighted by Gasteiger charge is -2.43. The van der Waals surface area contributed by atoms with Gasteiger partial charge < -0.3 is 9.64 Å². The number of cyclic esters (lactones) is 1. The molecule has 2 heterocycles. The van der Waals surface area contributed by atoms with Crippen molar-refractivity contribution in [2.75, 3.05) is 6.54 Å². The third kappa shape index (κ3) is 3.86. The molecular formula is C26H26N2O2. The average Bonchev–Trinajstić information content (AvgIpc) is 2.80. The van der Waals surface area contributed by atoms with E-state index in [9.17, 15) is 4.79 Å². The van der Waals surface area contributed by atoms with E-state index in [0.29, 0.717) is 13.0 Å². The monoisotopic (exact) mass is 398 g/mol. The van der Waals surface area contributed by atoms with Gasteiger partial charge in [0.2, 0.25) is 0 Å². The van der Waals surface area contributed by atoms with Crippen molar-refractivity contribution < 1.29 is 9.53 Å². The molecule has 4 nitrogen and oxygen atoms in total. The maximum atomic E-state index is 13.0. The van der Waals surface area contributed by atoms with E-state index >= 15 is 0 Å². The van der Waals surface area contributed by atoms with Gasteiger partial charge in [0, 0.05) is 31.8 Å². The zero-order valence-electron chi connectivity index (χ0n) is 17.2. The van der Waals surface area contributed by atoms with Crippen molar-refractivity contribution in [1.82, 2.24) is 9.88 Å². The van der Waals surface area contributed by atoms with Crippen molar-refractivity contribution in [2.24, 2.45) is 0 Å². The molecule has 1 amide bonds. The molecule has 0 aliphatic carbocycles. The van der Waals surface area contributed by atoms with Gasteiger partial charge in [-0.05, 0) is 35.2 Å². The Hall–Kier alpha value is -3.40. The average molecular weight is 399 g/mol. The van der Waals surface area contributed by atoms with Crippen LogP contribution in [0.5, 0.6) is 0 Å². The Morgan fingerprint density at radius 2 is 1.87 bits per heavy atom. The van der Waals surface area contributed by atoms with Crippen molar-refractivity contribution >= 4 is 6.09 Å². The lowest BCUT2D eigenvalue weighted by Crippen LogP contribution is -2.48. The van der Waals surface area contributed by atoms with Gasteiger partial charge in [0.15, 0.2) is 0 Å². The van der Waals surface area contributed by atoms with E-state index in [-0.39, 0.29) is 12.1 Å². The fourth-order valence-corrected chi connectivity index (χ4v) is 4.13. The number of carbonyl (C=O) groups excluding carboxylic acids is 1. The molecule has 4 heteroatoms. The Balaban J connectivity index is 1.52. The van der Waals surface area contributed by atoms with Gasteiger partial charge in [0.25, 0.3) is 0 Å². The third-order valence-electron chi connectivity index (χ3n) is 5.90. The molecule has 2 atom stereocenters. The smallest absolute Gasteiger partial charge is 0.411 e. The molecule has 1 aliphatic rings. The Morgan fingerprint density at radius 1 is 1.10 bits per heavy atom. The molecular weight excluding hydrogens is 372 g/mol. The quantitative estimate of drug-likeness (QED) is 0.470. The lowest BCUT2D eigenvalue weighted by molar-refractivity contribution is -0.0588. The highest BCUT2D eigenvalue weighted by Crippen LogP contribution is 2.39. The minimum absolute atomic E-state index is 0.0713. The summed E-state index contributed by atoms with van der Waals surface area (Å²) in [4.78, 5) is 19.0. The van der Waals surface area contributed by atoms with Gasteiger partial charge in [-0.15, -0.1) is 6.58 Å². The van der Waals surface area contributed by atoms with Crippen LogP contribution in [0, 0.1) is 0 Å². The maximum absolute atomic E-state index is 13.0. The molecule has 1 saturated heterocycles. The van der Waals surface area contributed by atoms with Crippen molar-refractivity contribution in [1.29, 1.82) is 0 Å².